The van der Waals surface area contributed by atoms with Crippen molar-refractivity contribution < 1.29 is 4.79 Å². The number of aromatic nitrogens is 2. The Morgan fingerprint density at radius 3 is 2.61 bits per heavy atom. The van der Waals surface area contributed by atoms with E-state index in [4.69, 9.17) is 5.73 Å². The fourth-order valence-corrected chi connectivity index (χ4v) is 1.97. The molecule has 4 heteroatoms. The first-order valence-corrected chi connectivity index (χ1v) is 6.87. The minimum Gasteiger partial charge on any atom is -0.321 e. The van der Waals surface area contributed by atoms with Gasteiger partial charge in [0.05, 0.1) is 18.2 Å². The molecule has 102 valence electrons. The summed E-state index contributed by atoms with van der Waals surface area (Å²) in [5.74, 6) is 0.350. The van der Waals surface area contributed by atoms with Gasteiger partial charge in [0.25, 0.3) is 0 Å². The minimum atomic E-state index is -0.361. The Kier molecular flexibility index (Phi) is 5.54. The van der Waals surface area contributed by atoms with Gasteiger partial charge in [0, 0.05) is 12.2 Å². The van der Waals surface area contributed by atoms with Crippen molar-refractivity contribution >= 4 is 5.78 Å². The van der Waals surface area contributed by atoms with E-state index < -0.39 is 0 Å². The first kappa shape index (κ1) is 14.9. The van der Waals surface area contributed by atoms with Crippen molar-refractivity contribution in [2.45, 2.75) is 59.5 Å². The van der Waals surface area contributed by atoms with Crippen molar-refractivity contribution in [1.29, 1.82) is 0 Å². The van der Waals surface area contributed by atoms with Crippen LogP contribution in [0.4, 0.5) is 0 Å². The van der Waals surface area contributed by atoms with Gasteiger partial charge in [0.2, 0.25) is 0 Å². The molecule has 0 saturated carbocycles. The number of carbonyl (C=O) groups is 1. The number of hydrogen-bond donors (Lipinski definition) is 1. The summed E-state index contributed by atoms with van der Waals surface area (Å²) in [7, 11) is 0. The standard InChI is InChI=1S/C14H25N3O/c1-5-10(4)14(15)13(18)9-12-8-11(6-2)16-17(12)7-3/h8,10,14H,5-7,9,15H2,1-4H3. The Hall–Kier alpha value is -1.16. The van der Waals surface area contributed by atoms with Crippen LogP contribution < -0.4 is 5.73 Å². The lowest BCUT2D eigenvalue weighted by Gasteiger charge is -2.17. The molecule has 2 unspecified atom stereocenters. The Labute approximate surface area is 110 Å². The molecular formula is C14H25N3O. The molecule has 0 aliphatic carbocycles. The van der Waals surface area contributed by atoms with Gasteiger partial charge < -0.3 is 5.73 Å². The van der Waals surface area contributed by atoms with Crippen LogP contribution in [-0.2, 0) is 24.2 Å². The predicted octanol–water partition coefficient (Wildman–Crippen LogP) is 1.95. The first-order valence-electron chi connectivity index (χ1n) is 6.87. The molecule has 18 heavy (non-hydrogen) atoms. The molecule has 0 amide bonds. The Morgan fingerprint density at radius 1 is 1.44 bits per heavy atom. The SMILES string of the molecule is CCc1cc(CC(=O)C(N)C(C)CC)n(CC)n1. The zero-order valence-corrected chi connectivity index (χ0v) is 11.9. The van der Waals surface area contributed by atoms with Crippen molar-refractivity contribution in [2.75, 3.05) is 0 Å². The second kappa shape index (κ2) is 6.69. The third-order valence-electron chi connectivity index (χ3n) is 3.56. The summed E-state index contributed by atoms with van der Waals surface area (Å²) < 4.78 is 1.90. The molecule has 1 heterocycles. The summed E-state index contributed by atoms with van der Waals surface area (Å²) in [4.78, 5) is 12.1. The number of aryl methyl sites for hydroxylation is 2. The van der Waals surface area contributed by atoms with E-state index in [1.807, 2.05) is 24.6 Å². The first-order chi connectivity index (χ1) is 8.53. The average molecular weight is 251 g/mol. The van der Waals surface area contributed by atoms with Crippen LogP contribution in [0.1, 0.15) is 45.5 Å². The molecule has 0 bridgehead atoms. The molecule has 2 atom stereocenters. The van der Waals surface area contributed by atoms with Gasteiger partial charge in [-0.25, -0.2) is 0 Å². The second-order valence-electron chi connectivity index (χ2n) is 4.85. The highest BCUT2D eigenvalue weighted by molar-refractivity contribution is 5.85. The van der Waals surface area contributed by atoms with Crippen LogP contribution in [0.2, 0.25) is 0 Å². The summed E-state index contributed by atoms with van der Waals surface area (Å²) in [6.07, 6.45) is 2.22. The zero-order valence-electron chi connectivity index (χ0n) is 11.9. The predicted molar refractivity (Wildman–Crippen MR) is 73.4 cm³/mol. The van der Waals surface area contributed by atoms with Gasteiger partial charge >= 0.3 is 0 Å². The van der Waals surface area contributed by atoms with Crippen molar-refractivity contribution in [1.82, 2.24) is 9.78 Å². The summed E-state index contributed by atoms with van der Waals surface area (Å²) in [5.41, 5.74) is 7.99. The molecule has 1 aromatic rings. The van der Waals surface area contributed by atoms with Gasteiger partial charge in [0.15, 0.2) is 5.78 Å². The van der Waals surface area contributed by atoms with Crippen LogP contribution in [0.15, 0.2) is 6.07 Å². The lowest BCUT2D eigenvalue weighted by atomic mass is 9.94. The number of carbonyl (C=O) groups excluding carboxylic acids is 1. The number of nitrogens with zero attached hydrogens (tertiary/aromatic N) is 2. The van der Waals surface area contributed by atoms with E-state index in [1.165, 1.54) is 0 Å². The van der Waals surface area contributed by atoms with Crippen LogP contribution in [-0.4, -0.2) is 21.6 Å². The number of ketones is 1. The van der Waals surface area contributed by atoms with E-state index in [0.29, 0.717) is 6.42 Å². The summed E-state index contributed by atoms with van der Waals surface area (Å²) >= 11 is 0. The van der Waals surface area contributed by atoms with Crippen molar-refractivity contribution in [2.24, 2.45) is 11.7 Å². The average Bonchev–Trinajstić information content (AvgIpc) is 2.78. The van der Waals surface area contributed by atoms with Crippen molar-refractivity contribution in [3.05, 3.63) is 17.5 Å². The van der Waals surface area contributed by atoms with E-state index in [2.05, 4.69) is 18.9 Å². The van der Waals surface area contributed by atoms with E-state index in [0.717, 1.165) is 30.8 Å². The molecule has 2 N–H and O–H groups in total. The minimum absolute atomic E-state index is 0.113. The maximum Gasteiger partial charge on any atom is 0.155 e. The Bertz CT molecular complexity index is 398. The van der Waals surface area contributed by atoms with E-state index >= 15 is 0 Å². The van der Waals surface area contributed by atoms with Crippen molar-refractivity contribution in [3.63, 3.8) is 0 Å². The zero-order chi connectivity index (χ0) is 13.7. The number of Topliss-reactive ketones (excluding diaryl/α,β-unsaturated/α-hetero) is 1. The van der Waals surface area contributed by atoms with Gasteiger partial charge in [-0.15, -0.1) is 0 Å². The maximum atomic E-state index is 12.1. The molecule has 0 aromatic carbocycles. The van der Waals surface area contributed by atoms with Crippen LogP contribution in [0.3, 0.4) is 0 Å². The van der Waals surface area contributed by atoms with Gasteiger partial charge in [-0.05, 0) is 25.3 Å². The number of hydrogen-bond acceptors (Lipinski definition) is 3. The summed E-state index contributed by atoms with van der Waals surface area (Å²) in [6, 6.07) is 1.66. The molecule has 0 saturated heterocycles. The van der Waals surface area contributed by atoms with Gasteiger partial charge in [0.1, 0.15) is 0 Å². The molecule has 0 radical (unpaired) electrons. The highest BCUT2D eigenvalue weighted by Gasteiger charge is 2.21. The molecule has 0 aliphatic rings. The quantitative estimate of drug-likeness (QED) is 0.805. The van der Waals surface area contributed by atoms with E-state index in [1.54, 1.807) is 0 Å². The normalized spacial score (nSPS) is 14.5. The Morgan fingerprint density at radius 2 is 2.11 bits per heavy atom. The van der Waals surface area contributed by atoms with Crippen LogP contribution in [0, 0.1) is 5.92 Å². The highest BCUT2D eigenvalue weighted by atomic mass is 16.1. The fraction of sp³-hybridized carbons (Fsp3) is 0.714. The van der Waals surface area contributed by atoms with Crippen molar-refractivity contribution in [3.8, 4) is 0 Å². The molecule has 0 spiro atoms. The molecule has 4 nitrogen and oxygen atoms in total. The molecule has 1 rings (SSSR count). The molecule has 0 aliphatic heterocycles. The topological polar surface area (TPSA) is 60.9 Å². The largest absolute Gasteiger partial charge is 0.321 e. The van der Waals surface area contributed by atoms with Gasteiger partial charge in [-0.1, -0.05) is 27.2 Å². The molecule has 0 fully saturated rings. The third-order valence-corrected chi connectivity index (χ3v) is 3.56. The van der Waals surface area contributed by atoms with E-state index in [9.17, 15) is 4.79 Å². The molecular weight excluding hydrogens is 226 g/mol. The maximum absolute atomic E-state index is 12.1. The Balaban J connectivity index is 2.77. The smallest absolute Gasteiger partial charge is 0.155 e. The number of rotatable bonds is 7. The van der Waals surface area contributed by atoms with Crippen LogP contribution in [0.25, 0.3) is 0 Å². The van der Waals surface area contributed by atoms with E-state index in [-0.39, 0.29) is 17.7 Å². The lowest BCUT2D eigenvalue weighted by Crippen LogP contribution is -2.38. The van der Waals surface area contributed by atoms with Crippen LogP contribution in [0.5, 0.6) is 0 Å². The van der Waals surface area contributed by atoms with Crippen LogP contribution >= 0.6 is 0 Å². The molecule has 1 aromatic heterocycles. The van der Waals surface area contributed by atoms with Gasteiger partial charge in [-0.3, -0.25) is 9.48 Å². The summed E-state index contributed by atoms with van der Waals surface area (Å²) in [5, 5.41) is 4.45. The van der Waals surface area contributed by atoms with Gasteiger partial charge in [-0.2, -0.15) is 5.10 Å². The highest BCUT2D eigenvalue weighted by Crippen LogP contribution is 2.11. The fourth-order valence-electron chi connectivity index (χ4n) is 1.97. The third kappa shape index (κ3) is 3.42. The number of nitrogens with two attached hydrogens (primary N) is 1. The summed E-state index contributed by atoms with van der Waals surface area (Å²) in [6.45, 7) is 8.98. The second-order valence-corrected chi connectivity index (χ2v) is 4.85. The monoisotopic (exact) mass is 251 g/mol. The lowest BCUT2D eigenvalue weighted by molar-refractivity contribution is -0.120.